The van der Waals surface area contributed by atoms with Crippen molar-refractivity contribution in [3.63, 3.8) is 0 Å². The molecule has 0 saturated heterocycles. The largest absolute Gasteiger partial charge is 0.508 e. The number of hydrogen-bond acceptors (Lipinski definition) is 5. The molecule has 0 heterocycles. The number of aromatic carboxylic acids is 1. The first-order valence-electron chi connectivity index (χ1n) is 6.44. The molecule has 0 unspecified atom stereocenters. The van der Waals surface area contributed by atoms with Crippen LogP contribution in [-0.2, 0) is 16.1 Å². The predicted molar refractivity (Wildman–Crippen MR) is 76.8 cm³/mol. The third kappa shape index (κ3) is 4.52. The number of carbonyl (C=O) groups is 2. The molecule has 2 aromatic rings. The molecular formula is C16H14O6. The zero-order valence-electron chi connectivity index (χ0n) is 11.6. The van der Waals surface area contributed by atoms with Gasteiger partial charge >= 0.3 is 11.9 Å². The topological polar surface area (TPSA) is 93.1 Å². The molecule has 0 aliphatic carbocycles. The Morgan fingerprint density at radius 3 is 2.45 bits per heavy atom. The van der Waals surface area contributed by atoms with Crippen LogP contribution >= 0.6 is 0 Å². The van der Waals surface area contributed by atoms with Crippen LogP contribution in [0.1, 0.15) is 15.9 Å². The molecule has 0 radical (unpaired) electrons. The highest BCUT2D eigenvalue weighted by Crippen LogP contribution is 2.21. The highest BCUT2D eigenvalue weighted by molar-refractivity contribution is 5.88. The van der Waals surface area contributed by atoms with Crippen LogP contribution in [0, 0.1) is 0 Å². The van der Waals surface area contributed by atoms with Crippen LogP contribution in [0.2, 0.25) is 0 Å². The summed E-state index contributed by atoms with van der Waals surface area (Å²) in [7, 11) is 0. The molecule has 2 rings (SSSR count). The SMILES string of the molecule is O=C(COc1cc(O)cc(C(=O)O)c1)OCc1ccccc1. The summed E-state index contributed by atoms with van der Waals surface area (Å²) in [6.07, 6.45) is 0. The number of esters is 1. The van der Waals surface area contributed by atoms with E-state index < -0.39 is 11.9 Å². The quantitative estimate of drug-likeness (QED) is 0.795. The number of phenolic OH excluding ortho intramolecular Hbond substituents is 1. The molecule has 6 nitrogen and oxygen atoms in total. The summed E-state index contributed by atoms with van der Waals surface area (Å²) in [5, 5.41) is 18.3. The van der Waals surface area contributed by atoms with E-state index in [2.05, 4.69) is 0 Å². The molecule has 114 valence electrons. The third-order valence-corrected chi connectivity index (χ3v) is 2.74. The van der Waals surface area contributed by atoms with E-state index in [4.69, 9.17) is 14.6 Å². The second kappa shape index (κ2) is 7.12. The molecule has 0 aromatic heterocycles. The molecule has 0 saturated carbocycles. The van der Waals surface area contributed by atoms with Crippen LogP contribution < -0.4 is 4.74 Å². The van der Waals surface area contributed by atoms with Gasteiger partial charge in [0.15, 0.2) is 6.61 Å². The molecule has 0 aliphatic heterocycles. The van der Waals surface area contributed by atoms with Crippen LogP contribution in [-0.4, -0.2) is 28.8 Å². The highest BCUT2D eigenvalue weighted by atomic mass is 16.6. The average Bonchev–Trinajstić information content (AvgIpc) is 2.51. The number of ether oxygens (including phenoxy) is 2. The Hall–Kier alpha value is -3.02. The fourth-order valence-electron chi connectivity index (χ4n) is 1.71. The first-order chi connectivity index (χ1) is 10.5. The molecule has 0 amide bonds. The molecule has 0 aliphatic rings. The molecular weight excluding hydrogens is 288 g/mol. The number of hydrogen-bond donors (Lipinski definition) is 2. The fraction of sp³-hybridized carbons (Fsp3) is 0.125. The standard InChI is InChI=1S/C16H14O6/c17-13-6-12(16(19)20)7-14(8-13)21-10-15(18)22-9-11-4-2-1-3-5-11/h1-8,17H,9-10H2,(H,19,20). The molecule has 0 fully saturated rings. The van der Waals surface area contributed by atoms with Crippen molar-refractivity contribution in [2.75, 3.05) is 6.61 Å². The van der Waals surface area contributed by atoms with Gasteiger partial charge in [0.05, 0.1) is 5.56 Å². The number of benzene rings is 2. The number of carboxylic acid groups (broad SMARTS) is 1. The van der Waals surface area contributed by atoms with Crippen LogP contribution in [0.3, 0.4) is 0 Å². The van der Waals surface area contributed by atoms with Gasteiger partial charge in [-0.15, -0.1) is 0 Å². The summed E-state index contributed by atoms with van der Waals surface area (Å²) < 4.78 is 10.1. The van der Waals surface area contributed by atoms with E-state index in [0.29, 0.717) is 0 Å². The van der Waals surface area contributed by atoms with Crippen molar-refractivity contribution < 1.29 is 29.3 Å². The van der Waals surface area contributed by atoms with Crippen molar-refractivity contribution in [3.05, 3.63) is 59.7 Å². The van der Waals surface area contributed by atoms with Crippen molar-refractivity contribution in [2.45, 2.75) is 6.61 Å². The van der Waals surface area contributed by atoms with E-state index in [-0.39, 0.29) is 30.3 Å². The second-order valence-corrected chi connectivity index (χ2v) is 4.46. The minimum Gasteiger partial charge on any atom is -0.508 e. The Bertz CT molecular complexity index is 666. The van der Waals surface area contributed by atoms with Crippen molar-refractivity contribution in [1.29, 1.82) is 0 Å². The fourth-order valence-corrected chi connectivity index (χ4v) is 1.71. The Balaban J connectivity index is 1.87. The predicted octanol–water partition coefficient (Wildman–Crippen LogP) is 2.21. The lowest BCUT2D eigenvalue weighted by Gasteiger charge is -2.08. The monoisotopic (exact) mass is 302 g/mol. The smallest absolute Gasteiger partial charge is 0.344 e. The maximum atomic E-state index is 11.6. The summed E-state index contributed by atoms with van der Waals surface area (Å²) in [5.74, 6) is -1.97. The van der Waals surface area contributed by atoms with Gasteiger partial charge in [-0.2, -0.15) is 0 Å². The van der Waals surface area contributed by atoms with Gasteiger partial charge in [-0.25, -0.2) is 9.59 Å². The van der Waals surface area contributed by atoms with Gasteiger partial charge in [0.1, 0.15) is 18.1 Å². The van der Waals surface area contributed by atoms with Gasteiger partial charge in [-0.1, -0.05) is 30.3 Å². The number of carboxylic acids is 1. The Morgan fingerprint density at radius 2 is 1.77 bits per heavy atom. The maximum absolute atomic E-state index is 11.6. The molecule has 22 heavy (non-hydrogen) atoms. The lowest BCUT2D eigenvalue weighted by Crippen LogP contribution is -2.15. The molecule has 2 N–H and O–H groups in total. The Kier molecular flexibility index (Phi) is 4.98. The molecule has 6 heteroatoms. The molecule has 0 spiro atoms. The highest BCUT2D eigenvalue weighted by Gasteiger charge is 2.10. The van der Waals surface area contributed by atoms with Crippen molar-refractivity contribution >= 4 is 11.9 Å². The van der Waals surface area contributed by atoms with Crippen LogP contribution in [0.4, 0.5) is 0 Å². The number of aromatic hydroxyl groups is 1. The zero-order valence-corrected chi connectivity index (χ0v) is 11.6. The Morgan fingerprint density at radius 1 is 1.05 bits per heavy atom. The Labute approximate surface area is 126 Å². The summed E-state index contributed by atoms with van der Waals surface area (Å²) in [6, 6.07) is 12.7. The van der Waals surface area contributed by atoms with Gasteiger partial charge in [0.25, 0.3) is 0 Å². The van der Waals surface area contributed by atoms with Gasteiger partial charge in [0, 0.05) is 6.07 Å². The van der Waals surface area contributed by atoms with E-state index in [1.807, 2.05) is 30.3 Å². The summed E-state index contributed by atoms with van der Waals surface area (Å²) in [6.45, 7) is -0.251. The molecule has 2 aromatic carbocycles. The van der Waals surface area contributed by atoms with Crippen LogP contribution in [0.15, 0.2) is 48.5 Å². The van der Waals surface area contributed by atoms with Gasteiger partial charge in [0.2, 0.25) is 0 Å². The van der Waals surface area contributed by atoms with E-state index in [1.165, 1.54) is 12.1 Å². The van der Waals surface area contributed by atoms with Gasteiger partial charge in [-0.05, 0) is 17.7 Å². The zero-order chi connectivity index (χ0) is 15.9. The second-order valence-electron chi connectivity index (χ2n) is 4.46. The number of carbonyl (C=O) groups excluding carboxylic acids is 1. The van der Waals surface area contributed by atoms with Crippen LogP contribution in [0.25, 0.3) is 0 Å². The number of phenols is 1. The number of rotatable bonds is 6. The molecule has 0 bridgehead atoms. The molecule has 0 atom stereocenters. The summed E-state index contributed by atoms with van der Waals surface area (Å²) >= 11 is 0. The van der Waals surface area contributed by atoms with E-state index in [1.54, 1.807) is 0 Å². The van der Waals surface area contributed by atoms with Crippen LogP contribution in [0.5, 0.6) is 11.5 Å². The minimum atomic E-state index is -1.20. The average molecular weight is 302 g/mol. The first-order valence-corrected chi connectivity index (χ1v) is 6.44. The van der Waals surface area contributed by atoms with Gasteiger partial charge in [-0.3, -0.25) is 0 Å². The van der Waals surface area contributed by atoms with Gasteiger partial charge < -0.3 is 19.7 Å². The van der Waals surface area contributed by atoms with E-state index in [0.717, 1.165) is 11.6 Å². The normalized spacial score (nSPS) is 10.0. The van der Waals surface area contributed by atoms with E-state index in [9.17, 15) is 14.7 Å². The summed E-state index contributed by atoms with van der Waals surface area (Å²) in [5.41, 5.74) is 0.717. The lowest BCUT2D eigenvalue weighted by atomic mass is 10.2. The van der Waals surface area contributed by atoms with E-state index >= 15 is 0 Å². The minimum absolute atomic E-state index is 0.0778. The van der Waals surface area contributed by atoms with Crippen molar-refractivity contribution in [1.82, 2.24) is 0 Å². The maximum Gasteiger partial charge on any atom is 0.344 e. The first kappa shape index (κ1) is 15.4. The summed E-state index contributed by atoms with van der Waals surface area (Å²) in [4.78, 5) is 22.4. The van der Waals surface area contributed by atoms with Crippen molar-refractivity contribution in [2.24, 2.45) is 0 Å². The van der Waals surface area contributed by atoms with Crippen molar-refractivity contribution in [3.8, 4) is 11.5 Å². The lowest BCUT2D eigenvalue weighted by molar-refractivity contribution is -0.147. The third-order valence-electron chi connectivity index (χ3n) is 2.74.